The Kier molecular flexibility index (Phi) is 1.97. The van der Waals surface area contributed by atoms with E-state index in [1.54, 1.807) is 11.0 Å². The van der Waals surface area contributed by atoms with E-state index in [2.05, 4.69) is 4.98 Å². The summed E-state index contributed by atoms with van der Waals surface area (Å²) in [7, 11) is 0. The summed E-state index contributed by atoms with van der Waals surface area (Å²) in [5.41, 5.74) is 7.24. The van der Waals surface area contributed by atoms with Crippen LogP contribution in [0.1, 0.15) is 0 Å². The average Bonchev–Trinajstić information content (AvgIpc) is 2.82. The molecule has 3 rings (SSSR count). The van der Waals surface area contributed by atoms with E-state index >= 15 is 0 Å². The van der Waals surface area contributed by atoms with E-state index in [-0.39, 0.29) is 6.09 Å². The third-order valence-electron chi connectivity index (χ3n) is 2.39. The number of nitrogens with zero attached hydrogens (tertiary/aromatic N) is 2. The summed E-state index contributed by atoms with van der Waals surface area (Å²) in [6, 6.07) is 5.51. The van der Waals surface area contributed by atoms with E-state index in [1.165, 1.54) is 11.3 Å². The molecule has 0 unspecified atom stereocenters. The molecular weight excluding hydrogens is 226 g/mol. The van der Waals surface area contributed by atoms with Crippen molar-refractivity contribution >= 4 is 38.5 Å². The lowest BCUT2D eigenvalue weighted by atomic mass is 10.3. The number of nitrogen functional groups attached to an aromatic ring is 1. The molecule has 0 spiro atoms. The van der Waals surface area contributed by atoms with Crippen molar-refractivity contribution in [3.63, 3.8) is 0 Å². The molecule has 1 amide bonds. The molecule has 2 aromatic rings. The van der Waals surface area contributed by atoms with Gasteiger partial charge in [-0.05, 0) is 18.2 Å². The van der Waals surface area contributed by atoms with Gasteiger partial charge in [-0.3, -0.25) is 0 Å². The minimum atomic E-state index is -0.327. The first-order chi connectivity index (χ1) is 7.74. The van der Waals surface area contributed by atoms with Gasteiger partial charge in [-0.2, -0.15) is 0 Å². The molecule has 0 radical (unpaired) electrons. The van der Waals surface area contributed by atoms with Crippen LogP contribution in [0.15, 0.2) is 18.2 Å². The molecule has 0 saturated carbocycles. The fourth-order valence-corrected chi connectivity index (χ4v) is 2.64. The number of aromatic nitrogens is 1. The van der Waals surface area contributed by atoms with Crippen molar-refractivity contribution in [1.82, 2.24) is 4.98 Å². The molecule has 2 N–H and O–H groups in total. The minimum absolute atomic E-state index is 0.327. The number of rotatable bonds is 1. The molecule has 5 nitrogen and oxygen atoms in total. The van der Waals surface area contributed by atoms with Gasteiger partial charge in [0.15, 0.2) is 5.13 Å². The third-order valence-corrected chi connectivity index (χ3v) is 3.43. The van der Waals surface area contributed by atoms with Gasteiger partial charge in [0.1, 0.15) is 6.61 Å². The van der Waals surface area contributed by atoms with Crippen LogP contribution in [0.5, 0.6) is 0 Å². The molecular formula is C10H9N3O2S. The lowest BCUT2D eigenvalue weighted by Crippen LogP contribution is -2.22. The molecule has 1 aliphatic rings. The molecule has 2 heterocycles. The predicted molar refractivity (Wildman–Crippen MR) is 62.7 cm³/mol. The van der Waals surface area contributed by atoms with Crippen molar-refractivity contribution in [2.75, 3.05) is 23.8 Å². The number of thiazole rings is 1. The summed E-state index contributed by atoms with van der Waals surface area (Å²) < 4.78 is 5.85. The van der Waals surface area contributed by atoms with Crippen molar-refractivity contribution in [2.24, 2.45) is 0 Å². The fourth-order valence-electron chi connectivity index (χ4n) is 1.61. The zero-order valence-electron chi connectivity index (χ0n) is 8.34. The van der Waals surface area contributed by atoms with Crippen LogP contribution in [-0.4, -0.2) is 24.2 Å². The van der Waals surface area contributed by atoms with Gasteiger partial charge in [0.2, 0.25) is 0 Å². The van der Waals surface area contributed by atoms with Crippen molar-refractivity contribution < 1.29 is 9.53 Å². The SMILES string of the molecule is Nc1ccc2nc(N3CCOC3=O)sc2c1. The number of hydrogen-bond acceptors (Lipinski definition) is 5. The summed E-state index contributed by atoms with van der Waals surface area (Å²) in [6.07, 6.45) is -0.327. The first kappa shape index (κ1) is 9.41. The Morgan fingerprint density at radius 1 is 1.50 bits per heavy atom. The maximum absolute atomic E-state index is 11.4. The van der Waals surface area contributed by atoms with Crippen LogP contribution < -0.4 is 10.6 Å². The molecule has 1 saturated heterocycles. The Morgan fingerprint density at radius 2 is 2.38 bits per heavy atom. The molecule has 1 aromatic heterocycles. The van der Waals surface area contributed by atoms with Gasteiger partial charge in [0.25, 0.3) is 0 Å². The van der Waals surface area contributed by atoms with Crippen LogP contribution in [0.3, 0.4) is 0 Å². The second-order valence-corrected chi connectivity index (χ2v) is 4.50. The summed E-state index contributed by atoms with van der Waals surface area (Å²) >= 11 is 1.45. The van der Waals surface area contributed by atoms with Crippen molar-refractivity contribution in [3.05, 3.63) is 18.2 Å². The van der Waals surface area contributed by atoms with E-state index in [9.17, 15) is 4.79 Å². The predicted octanol–water partition coefficient (Wildman–Crippen LogP) is 1.84. The smallest absolute Gasteiger partial charge is 0.416 e. The maximum Gasteiger partial charge on any atom is 0.416 e. The largest absolute Gasteiger partial charge is 0.447 e. The zero-order valence-corrected chi connectivity index (χ0v) is 9.16. The average molecular weight is 235 g/mol. The topological polar surface area (TPSA) is 68.4 Å². The van der Waals surface area contributed by atoms with E-state index in [0.29, 0.717) is 24.0 Å². The standard InChI is InChI=1S/C10H9N3O2S/c11-6-1-2-7-8(5-6)16-9(12-7)13-3-4-15-10(13)14/h1-2,5H,3-4,11H2. The number of carbonyl (C=O) groups excluding carboxylic acids is 1. The highest BCUT2D eigenvalue weighted by molar-refractivity contribution is 7.22. The number of cyclic esters (lactones) is 1. The summed E-state index contributed by atoms with van der Waals surface area (Å²) in [4.78, 5) is 17.3. The highest BCUT2D eigenvalue weighted by Gasteiger charge is 2.26. The second-order valence-electron chi connectivity index (χ2n) is 3.49. The Bertz CT molecular complexity index is 566. The number of anilines is 2. The first-order valence-corrected chi connectivity index (χ1v) is 5.66. The Hall–Kier alpha value is -1.82. The lowest BCUT2D eigenvalue weighted by Gasteiger charge is -2.06. The number of fused-ring (bicyclic) bond motifs is 1. The van der Waals surface area contributed by atoms with Crippen LogP contribution in [0, 0.1) is 0 Å². The van der Waals surface area contributed by atoms with E-state index < -0.39 is 0 Å². The number of amides is 1. The first-order valence-electron chi connectivity index (χ1n) is 4.84. The molecule has 82 valence electrons. The van der Waals surface area contributed by atoms with Gasteiger partial charge >= 0.3 is 6.09 Å². The number of nitrogens with two attached hydrogens (primary N) is 1. The monoisotopic (exact) mass is 235 g/mol. The molecule has 16 heavy (non-hydrogen) atoms. The molecule has 0 bridgehead atoms. The van der Waals surface area contributed by atoms with Gasteiger partial charge in [-0.25, -0.2) is 14.7 Å². The Labute approximate surface area is 95.4 Å². The molecule has 1 aromatic carbocycles. The van der Waals surface area contributed by atoms with Crippen LogP contribution in [0.2, 0.25) is 0 Å². The van der Waals surface area contributed by atoms with Crippen molar-refractivity contribution in [1.29, 1.82) is 0 Å². The number of benzene rings is 1. The molecule has 0 atom stereocenters. The van der Waals surface area contributed by atoms with Gasteiger partial charge in [0, 0.05) is 5.69 Å². The summed E-state index contributed by atoms with van der Waals surface area (Å²) in [5.74, 6) is 0. The third kappa shape index (κ3) is 1.38. The van der Waals surface area contributed by atoms with Gasteiger partial charge < -0.3 is 10.5 Å². The summed E-state index contributed by atoms with van der Waals surface area (Å²) in [5, 5.41) is 0.670. The number of ether oxygens (including phenoxy) is 1. The maximum atomic E-state index is 11.4. The Morgan fingerprint density at radius 3 is 3.12 bits per heavy atom. The van der Waals surface area contributed by atoms with Crippen LogP contribution in [0.25, 0.3) is 10.2 Å². The second kappa shape index (κ2) is 3.34. The minimum Gasteiger partial charge on any atom is -0.447 e. The quantitative estimate of drug-likeness (QED) is 0.766. The van der Waals surface area contributed by atoms with Crippen LogP contribution >= 0.6 is 11.3 Å². The fraction of sp³-hybridized carbons (Fsp3) is 0.200. The van der Waals surface area contributed by atoms with E-state index in [0.717, 1.165) is 10.2 Å². The number of carbonyl (C=O) groups is 1. The van der Waals surface area contributed by atoms with Gasteiger partial charge in [0.05, 0.1) is 16.8 Å². The number of hydrogen-bond donors (Lipinski definition) is 1. The van der Waals surface area contributed by atoms with Crippen molar-refractivity contribution in [3.8, 4) is 0 Å². The molecule has 6 heteroatoms. The molecule has 1 fully saturated rings. The van der Waals surface area contributed by atoms with Crippen molar-refractivity contribution in [2.45, 2.75) is 0 Å². The summed E-state index contributed by atoms with van der Waals surface area (Å²) in [6.45, 7) is 0.991. The van der Waals surface area contributed by atoms with E-state index in [4.69, 9.17) is 10.5 Å². The zero-order chi connectivity index (χ0) is 11.1. The Balaban J connectivity index is 2.08. The van der Waals surface area contributed by atoms with Gasteiger partial charge in [-0.1, -0.05) is 11.3 Å². The van der Waals surface area contributed by atoms with Crippen LogP contribution in [0.4, 0.5) is 15.6 Å². The van der Waals surface area contributed by atoms with Gasteiger partial charge in [-0.15, -0.1) is 0 Å². The van der Waals surface area contributed by atoms with Crippen LogP contribution in [-0.2, 0) is 4.74 Å². The normalized spacial score (nSPS) is 15.8. The molecule has 0 aliphatic carbocycles. The molecule has 1 aliphatic heterocycles. The lowest BCUT2D eigenvalue weighted by molar-refractivity contribution is 0.181. The van der Waals surface area contributed by atoms with E-state index in [1.807, 2.05) is 12.1 Å². The highest BCUT2D eigenvalue weighted by atomic mass is 32.1. The highest BCUT2D eigenvalue weighted by Crippen LogP contribution is 2.31.